The Labute approximate surface area is 143 Å². The highest BCUT2D eigenvalue weighted by Gasteiger charge is 2.30. The highest BCUT2D eigenvalue weighted by atomic mass is 33.5. The molecule has 0 radical (unpaired) electrons. The molecule has 0 heterocycles. The Balaban J connectivity index is 1.73. The van der Waals surface area contributed by atoms with Crippen LogP contribution in [0.15, 0.2) is 53.4 Å². The molecule has 0 amide bonds. The minimum atomic E-state index is -4.65. The average Bonchev–Trinajstić information content (AvgIpc) is 2.52. The third kappa shape index (κ3) is 6.88. The lowest BCUT2D eigenvalue weighted by molar-refractivity contribution is -0.274. The van der Waals surface area contributed by atoms with Gasteiger partial charge in [-0.3, -0.25) is 0 Å². The highest BCUT2D eigenvalue weighted by Crippen LogP contribution is 2.42. The molecule has 0 fully saturated rings. The summed E-state index contributed by atoms with van der Waals surface area (Å²) in [5, 5.41) is 0. The monoisotopic (exact) mass is 378 g/mol. The first-order chi connectivity index (χ1) is 11.0. The van der Waals surface area contributed by atoms with E-state index in [-0.39, 0.29) is 5.75 Å². The molecule has 0 N–H and O–H groups in total. The Morgan fingerprint density at radius 1 is 0.913 bits per heavy atom. The van der Waals surface area contributed by atoms with E-state index in [9.17, 15) is 13.2 Å². The van der Waals surface area contributed by atoms with Gasteiger partial charge in [0.05, 0.1) is 7.11 Å². The van der Waals surface area contributed by atoms with Gasteiger partial charge in [-0.15, -0.1) is 13.2 Å². The quantitative estimate of drug-likeness (QED) is 0.422. The molecule has 0 spiro atoms. The number of ether oxygens (including phenoxy) is 2. The first-order valence-corrected chi connectivity index (χ1v) is 10.1. The average molecular weight is 378 g/mol. The van der Waals surface area contributed by atoms with E-state index in [0.717, 1.165) is 16.2 Å². The molecule has 8 heteroatoms. The molecule has 0 aliphatic rings. The second-order valence-corrected chi connectivity index (χ2v) is 8.42. The zero-order chi connectivity index (χ0) is 16.7. The van der Waals surface area contributed by atoms with Crippen LogP contribution in [-0.2, 0) is 5.75 Å². The van der Waals surface area contributed by atoms with Gasteiger partial charge in [-0.25, -0.2) is 0 Å². The number of methoxy groups -OCH3 is 1. The number of alkyl halides is 3. The Hall–Kier alpha value is -1.12. The second kappa shape index (κ2) is 8.65. The summed E-state index contributed by atoms with van der Waals surface area (Å²) < 4.78 is 45.1. The molecule has 2 rings (SSSR count). The molecule has 2 aromatic rings. The summed E-state index contributed by atoms with van der Waals surface area (Å²) in [5.41, 5.74) is 0.937. The van der Waals surface area contributed by atoms with Crippen LogP contribution in [-0.4, -0.2) is 13.5 Å². The molecule has 2 aromatic carbocycles. The minimum Gasteiger partial charge on any atom is -0.497 e. The molecule has 0 saturated carbocycles. The van der Waals surface area contributed by atoms with Crippen LogP contribution >= 0.6 is 31.4 Å². The topological polar surface area (TPSA) is 18.5 Å². The molecule has 0 saturated heterocycles. The minimum absolute atomic E-state index is 0.202. The fourth-order valence-corrected chi connectivity index (χ4v) is 5.16. The first-order valence-electron chi connectivity index (χ1n) is 6.41. The predicted octanol–water partition coefficient (Wildman–Crippen LogP) is 6.18. The largest absolute Gasteiger partial charge is 0.573 e. The van der Waals surface area contributed by atoms with Gasteiger partial charge in [-0.05, 0) is 62.6 Å². The van der Waals surface area contributed by atoms with Gasteiger partial charge in [0.1, 0.15) is 11.5 Å². The smallest absolute Gasteiger partial charge is 0.497 e. The Kier molecular flexibility index (Phi) is 6.86. The zero-order valence-electron chi connectivity index (χ0n) is 12.0. The maximum absolute atomic E-state index is 12.1. The van der Waals surface area contributed by atoms with Crippen molar-refractivity contribution in [3.05, 3.63) is 54.1 Å². The normalized spacial score (nSPS) is 11.3. The third-order valence-electron chi connectivity index (χ3n) is 2.62. The Bertz CT molecular complexity index is 601. The molecule has 0 atom stereocenters. The van der Waals surface area contributed by atoms with Crippen LogP contribution < -0.4 is 9.47 Å². The van der Waals surface area contributed by atoms with Gasteiger partial charge in [0.2, 0.25) is 0 Å². The summed E-state index contributed by atoms with van der Waals surface area (Å²) in [6.45, 7) is 0. The van der Waals surface area contributed by atoms with E-state index in [0.29, 0.717) is 5.75 Å². The van der Waals surface area contributed by atoms with Crippen LogP contribution in [0.5, 0.6) is 11.5 Å². The van der Waals surface area contributed by atoms with Crippen molar-refractivity contribution in [2.24, 2.45) is 0 Å². The fraction of sp³-hybridized carbons (Fsp3) is 0.200. The lowest BCUT2D eigenvalue weighted by Crippen LogP contribution is -2.16. The van der Waals surface area contributed by atoms with Crippen molar-refractivity contribution in [3.8, 4) is 11.5 Å². The number of hydrogen-bond acceptors (Lipinski definition) is 5. The number of benzene rings is 2. The molecule has 0 unspecified atom stereocenters. The summed E-state index contributed by atoms with van der Waals surface area (Å²) in [6.07, 6.45) is -4.65. The lowest BCUT2D eigenvalue weighted by Gasteiger charge is -2.09. The molecule has 0 aromatic heterocycles. The van der Waals surface area contributed by atoms with Gasteiger partial charge >= 0.3 is 6.36 Å². The zero-order valence-corrected chi connectivity index (χ0v) is 14.5. The predicted molar refractivity (Wildman–Crippen MR) is 90.9 cm³/mol. The summed E-state index contributed by atoms with van der Waals surface area (Å²) in [4.78, 5) is 1.11. The van der Waals surface area contributed by atoms with E-state index >= 15 is 0 Å². The van der Waals surface area contributed by atoms with Gasteiger partial charge in [0.25, 0.3) is 0 Å². The molecule has 0 bridgehead atoms. The standard InChI is InChI=1S/C15H13F3O2S3/c1-19-12-6-8-14(9-7-12)22-23-21-10-11-2-4-13(5-3-11)20-15(16,17)18/h2-9H,10H2,1H3. The van der Waals surface area contributed by atoms with Crippen molar-refractivity contribution < 1.29 is 22.6 Å². The van der Waals surface area contributed by atoms with E-state index in [1.165, 1.54) is 12.1 Å². The summed E-state index contributed by atoms with van der Waals surface area (Å²) in [5.74, 6) is 1.31. The maximum Gasteiger partial charge on any atom is 0.573 e. The third-order valence-corrected chi connectivity index (χ3v) is 6.60. The van der Waals surface area contributed by atoms with Gasteiger partial charge < -0.3 is 9.47 Å². The van der Waals surface area contributed by atoms with E-state index in [2.05, 4.69) is 4.74 Å². The Morgan fingerprint density at radius 2 is 1.52 bits per heavy atom. The lowest BCUT2D eigenvalue weighted by atomic mass is 10.2. The van der Waals surface area contributed by atoms with Crippen LogP contribution in [0, 0.1) is 0 Å². The van der Waals surface area contributed by atoms with Crippen LogP contribution in [0.3, 0.4) is 0 Å². The number of rotatable bonds is 7. The van der Waals surface area contributed by atoms with Gasteiger partial charge in [-0.2, -0.15) is 0 Å². The molecular weight excluding hydrogens is 365 g/mol. The molecule has 0 aliphatic carbocycles. The van der Waals surface area contributed by atoms with E-state index in [1.807, 2.05) is 24.3 Å². The summed E-state index contributed by atoms with van der Waals surface area (Å²) in [6, 6.07) is 13.6. The highest BCUT2D eigenvalue weighted by molar-refractivity contribution is 9.09. The Morgan fingerprint density at radius 3 is 2.09 bits per heavy atom. The summed E-state index contributed by atoms with van der Waals surface area (Å²) in [7, 11) is 6.47. The first kappa shape index (κ1) is 18.2. The van der Waals surface area contributed by atoms with Crippen LogP contribution in [0.2, 0.25) is 0 Å². The van der Waals surface area contributed by atoms with Crippen molar-refractivity contribution in [3.63, 3.8) is 0 Å². The van der Waals surface area contributed by atoms with E-state index in [1.54, 1.807) is 50.7 Å². The van der Waals surface area contributed by atoms with Crippen molar-refractivity contribution in [1.29, 1.82) is 0 Å². The molecule has 23 heavy (non-hydrogen) atoms. The maximum atomic E-state index is 12.1. The van der Waals surface area contributed by atoms with Crippen molar-refractivity contribution in [2.45, 2.75) is 17.0 Å². The second-order valence-electron chi connectivity index (χ2n) is 4.28. The molecular formula is C15H13F3O2S3. The SMILES string of the molecule is COc1ccc(SSSCc2ccc(OC(F)(F)F)cc2)cc1. The number of halogens is 3. The number of hydrogen-bond donors (Lipinski definition) is 0. The molecule has 2 nitrogen and oxygen atoms in total. The summed E-state index contributed by atoms with van der Waals surface area (Å²) >= 11 is 0. The van der Waals surface area contributed by atoms with E-state index < -0.39 is 6.36 Å². The molecule has 0 aliphatic heterocycles. The fourth-order valence-electron chi connectivity index (χ4n) is 1.57. The van der Waals surface area contributed by atoms with Crippen LogP contribution in [0.1, 0.15) is 5.56 Å². The van der Waals surface area contributed by atoms with Crippen molar-refractivity contribution >= 4 is 31.4 Å². The van der Waals surface area contributed by atoms with Crippen LogP contribution in [0.4, 0.5) is 13.2 Å². The van der Waals surface area contributed by atoms with Gasteiger partial charge in [0.15, 0.2) is 0 Å². The van der Waals surface area contributed by atoms with Crippen molar-refractivity contribution in [2.75, 3.05) is 7.11 Å². The van der Waals surface area contributed by atoms with Crippen LogP contribution in [0.25, 0.3) is 0 Å². The van der Waals surface area contributed by atoms with E-state index in [4.69, 9.17) is 4.74 Å². The molecule has 124 valence electrons. The van der Waals surface area contributed by atoms with Gasteiger partial charge in [0, 0.05) is 10.6 Å². The van der Waals surface area contributed by atoms with Crippen molar-refractivity contribution in [1.82, 2.24) is 0 Å². The van der Waals surface area contributed by atoms with Gasteiger partial charge in [-0.1, -0.05) is 22.9 Å².